The van der Waals surface area contributed by atoms with Gasteiger partial charge in [0.25, 0.3) is 0 Å². The summed E-state index contributed by atoms with van der Waals surface area (Å²) in [6.45, 7) is 0. The van der Waals surface area contributed by atoms with Gasteiger partial charge in [0.05, 0.1) is 20.8 Å². The van der Waals surface area contributed by atoms with E-state index in [9.17, 15) is 4.79 Å². The zero-order valence-electron chi connectivity index (χ0n) is 16.9. The van der Waals surface area contributed by atoms with Crippen molar-refractivity contribution in [1.82, 2.24) is 9.97 Å². The van der Waals surface area contributed by atoms with Crippen LogP contribution in [0.5, 0.6) is 0 Å². The topological polar surface area (TPSA) is 54.9 Å². The number of carbonyl (C=O) groups is 1. The fourth-order valence-electron chi connectivity index (χ4n) is 3.48. The number of aromatic nitrogens is 2. The number of aryl methyl sites for hydroxylation is 1. The van der Waals surface area contributed by atoms with Gasteiger partial charge in [0.15, 0.2) is 0 Å². The summed E-state index contributed by atoms with van der Waals surface area (Å²) < 4.78 is 0. The summed E-state index contributed by atoms with van der Waals surface area (Å²) >= 11 is 9.48. The highest BCUT2D eigenvalue weighted by Crippen LogP contribution is 2.35. The summed E-state index contributed by atoms with van der Waals surface area (Å²) in [4.78, 5) is 24.5. The fraction of sp³-hybridized carbons (Fsp3) is 0.0800. The SMILES string of the molecule is O=C(CCc1ccccc1Cl)Nc1ccc2nc(-c3cccs3)c(-c3cccs3)nc2c1. The molecule has 7 heteroatoms. The lowest BCUT2D eigenvalue weighted by Crippen LogP contribution is -2.12. The van der Waals surface area contributed by atoms with Crippen LogP contribution >= 0.6 is 34.3 Å². The van der Waals surface area contributed by atoms with Crippen LogP contribution in [-0.2, 0) is 11.2 Å². The Morgan fingerprint density at radius 1 is 0.844 bits per heavy atom. The lowest BCUT2D eigenvalue weighted by Gasteiger charge is -2.10. The van der Waals surface area contributed by atoms with Crippen LogP contribution in [0.3, 0.4) is 0 Å². The highest BCUT2D eigenvalue weighted by Gasteiger charge is 2.15. The van der Waals surface area contributed by atoms with Gasteiger partial charge in [-0.1, -0.05) is 41.9 Å². The van der Waals surface area contributed by atoms with Crippen molar-refractivity contribution in [2.24, 2.45) is 0 Å². The monoisotopic (exact) mass is 475 g/mol. The number of amides is 1. The van der Waals surface area contributed by atoms with Gasteiger partial charge >= 0.3 is 0 Å². The Balaban J connectivity index is 1.42. The van der Waals surface area contributed by atoms with E-state index in [-0.39, 0.29) is 5.91 Å². The quantitative estimate of drug-likeness (QED) is 0.280. The summed E-state index contributed by atoms with van der Waals surface area (Å²) in [5, 5.41) is 7.74. The van der Waals surface area contributed by atoms with Gasteiger partial charge in [-0.2, -0.15) is 0 Å². The zero-order chi connectivity index (χ0) is 21.9. The van der Waals surface area contributed by atoms with Crippen molar-refractivity contribution in [2.45, 2.75) is 12.8 Å². The second kappa shape index (κ2) is 9.20. The van der Waals surface area contributed by atoms with Gasteiger partial charge < -0.3 is 5.32 Å². The lowest BCUT2D eigenvalue weighted by molar-refractivity contribution is -0.116. The number of hydrogen-bond donors (Lipinski definition) is 1. The van der Waals surface area contributed by atoms with Crippen molar-refractivity contribution in [2.75, 3.05) is 5.32 Å². The van der Waals surface area contributed by atoms with Crippen LogP contribution in [-0.4, -0.2) is 15.9 Å². The maximum atomic E-state index is 12.5. The number of benzene rings is 2. The number of halogens is 1. The summed E-state index contributed by atoms with van der Waals surface area (Å²) in [5.41, 5.74) is 4.95. The number of thiophene rings is 2. The first-order valence-corrected chi connectivity index (χ1v) is 12.2. The van der Waals surface area contributed by atoms with E-state index < -0.39 is 0 Å². The van der Waals surface area contributed by atoms with Crippen molar-refractivity contribution in [1.29, 1.82) is 0 Å². The van der Waals surface area contributed by atoms with E-state index >= 15 is 0 Å². The lowest BCUT2D eigenvalue weighted by atomic mass is 10.1. The molecule has 0 atom stereocenters. The molecule has 1 N–H and O–H groups in total. The van der Waals surface area contributed by atoms with Gasteiger partial charge in [0.2, 0.25) is 5.91 Å². The third kappa shape index (κ3) is 4.43. The molecule has 0 aliphatic heterocycles. The van der Waals surface area contributed by atoms with Crippen LogP contribution in [0.1, 0.15) is 12.0 Å². The van der Waals surface area contributed by atoms with E-state index in [2.05, 4.69) is 17.4 Å². The maximum Gasteiger partial charge on any atom is 0.224 e. The third-order valence-electron chi connectivity index (χ3n) is 5.04. The molecule has 5 rings (SSSR count). The van der Waals surface area contributed by atoms with Crippen molar-refractivity contribution >= 4 is 56.9 Å². The Kier molecular flexibility index (Phi) is 5.99. The number of hydrogen-bond acceptors (Lipinski definition) is 5. The molecule has 0 aliphatic rings. The Hall–Kier alpha value is -3.06. The molecule has 1 amide bonds. The Bertz CT molecular complexity index is 1380. The number of carbonyl (C=O) groups excluding carboxylic acids is 1. The van der Waals surface area contributed by atoms with Crippen molar-refractivity contribution in [3.63, 3.8) is 0 Å². The van der Waals surface area contributed by atoms with E-state index in [1.54, 1.807) is 22.7 Å². The molecule has 3 heterocycles. The molecule has 0 saturated carbocycles. The summed E-state index contributed by atoms with van der Waals surface area (Å²) in [6, 6.07) is 21.4. The molecule has 4 nitrogen and oxygen atoms in total. The van der Waals surface area contributed by atoms with Crippen LogP contribution in [0, 0.1) is 0 Å². The minimum Gasteiger partial charge on any atom is -0.326 e. The molecule has 0 radical (unpaired) electrons. The molecular formula is C25H18ClN3OS2. The molecule has 2 aromatic carbocycles. The minimum absolute atomic E-state index is 0.0640. The van der Waals surface area contributed by atoms with E-state index in [0.29, 0.717) is 23.6 Å². The summed E-state index contributed by atoms with van der Waals surface area (Å²) in [6.07, 6.45) is 0.941. The Morgan fingerprint density at radius 2 is 1.53 bits per heavy atom. The van der Waals surface area contributed by atoms with Crippen molar-refractivity contribution in [3.05, 3.63) is 88.1 Å². The van der Waals surface area contributed by atoms with E-state index in [0.717, 1.165) is 37.7 Å². The molecule has 0 aliphatic carbocycles. The summed E-state index contributed by atoms with van der Waals surface area (Å²) in [5.74, 6) is -0.0640. The Morgan fingerprint density at radius 3 is 2.19 bits per heavy atom. The van der Waals surface area contributed by atoms with Crippen LogP contribution in [0.25, 0.3) is 32.2 Å². The number of rotatable bonds is 6. The van der Waals surface area contributed by atoms with E-state index in [1.807, 2.05) is 65.4 Å². The highest BCUT2D eigenvalue weighted by atomic mass is 35.5. The first kappa shape index (κ1) is 20.8. The minimum atomic E-state index is -0.0640. The largest absolute Gasteiger partial charge is 0.326 e. The van der Waals surface area contributed by atoms with Crippen LogP contribution in [0.15, 0.2) is 77.5 Å². The predicted molar refractivity (Wildman–Crippen MR) is 135 cm³/mol. The number of nitrogens with zero attached hydrogens (tertiary/aromatic N) is 2. The Labute approximate surface area is 198 Å². The molecule has 0 fully saturated rings. The van der Waals surface area contributed by atoms with Crippen LogP contribution in [0.2, 0.25) is 5.02 Å². The molecule has 0 bridgehead atoms. The maximum absolute atomic E-state index is 12.5. The molecular weight excluding hydrogens is 458 g/mol. The van der Waals surface area contributed by atoms with E-state index in [4.69, 9.17) is 21.6 Å². The second-order valence-corrected chi connectivity index (χ2v) is 9.52. The number of fused-ring (bicyclic) bond motifs is 1. The molecule has 158 valence electrons. The molecule has 32 heavy (non-hydrogen) atoms. The van der Waals surface area contributed by atoms with Gasteiger partial charge in [-0.05, 0) is 59.1 Å². The molecule has 3 aromatic heterocycles. The first-order chi connectivity index (χ1) is 15.7. The first-order valence-electron chi connectivity index (χ1n) is 10.1. The molecule has 5 aromatic rings. The average molecular weight is 476 g/mol. The predicted octanol–water partition coefficient (Wildman–Crippen LogP) is 7.31. The number of anilines is 1. The van der Waals surface area contributed by atoms with Crippen LogP contribution in [0.4, 0.5) is 5.69 Å². The van der Waals surface area contributed by atoms with Gasteiger partial charge in [-0.3, -0.25) is 4.79 Å². The zero-order valence-corrected chi connectivity index (χ0v) is 19.3. The van der Waals surface area contributed by atoms with E-state index in [1.165, 1.54) is 0 Å². The normalized spacial score (nSPS) is 11.0. The van der Waals surface area contributed by atoms with Crippen molar-refractivity contribution in [3.8, 4) is 21.1 Å². The standard InChI is InChI=1S/C25H18ClN3OS2/c26-18-6-2-1-5-16(18)9-12-23(30)27-17-10-11-19-20(15-17)29-25(22-8-4-14-32-22)24(28-19)21-7-3-13-31-21/h1-8,10-11,13-15H,9,12H2,(H,27,30). The average Bonchev–Trinajstić information content (AvgIpc) is 3.52. The summed E-state index contributed by atoms with van der Waals surface area (Å²) in [7, 11) is 0. The van der Waals surface area contributed by atoms with Gasteiger partial charge in [-0.25, -0.2) is 9.97 Å². The van der Waals surface area contributed by atoms with Crippen molar-refractivity contribution < 1.29 is 4.79 Å². The molecule has 0 spiro atoms. The molecule has 0 saturated heterocycles. The van der Waals surface area contributed by atoms with Gasteiger partial charge in [-0.15, -0.1) is 22.7 Å². The molecule has 0 unspecified atom stereocenters. The van der Waals surface area contributed by atoms with Gasteiger partial charge in [0.1, 0.15) is 11.4 Å². The smallest absolute Gasteiger partial charge is 0.224 e. The van der Waals surface area contributed by atoms with Crippen LogP contribution < -0.4 is 5.32 Å². The highest BCUT2D eigenvalue weighted by molar-refractivity contribution is 7.14. The second-order valence-electron chi connectivity index (χ2n) is 7.22. The fourth-order valence-corrected chi connectivity index (χ4v) is 5.13. The third-order valence-corrected chi connectivity index (χ3v) is 7.16. The number of nitrogens with one attached hydrogen (secondary N) is 1. The van der Waals surface area contributed by atoms with Gasteiger partial charge in [0, 0.05) is 17.1 Å².